The lowest BCUT2D eigenvalue weighted by Crippen LogP contribution is -2.15. The van der Waals surface area contributed by atoms with Gasteiger partial charge in [-0.2, -0.15) is 0 Å². The first-order valence-corrected chi connectivity index (χ1v) is 7.29. The van der Waals surface area contributed by atoms with Gasteiger partial charge in [-0.05, 0) is 31.5 Å². The van der Waals surface area contributed by atoms with Crippen LogP contribution in [-0.2, 0) is 4.79 Å². The number of aryl methyl sites for hydroxylation is 2. The molecule has 2 rings (SSSR count). The molecule has 1 aromatic heterocycles. The number of nitrogens with one attached hydrogen (secondary N) is 2. The van der Waals surface area contributed by atoms with E-state index in [0.717, 1.165) is 5.56 Å². The monoisotopic (exact) mass is 304 g/mol. The van der Waals surface area contributed by atoms with Crippen LogP contribution in [0.1, 0.15) is 11.3 Å². The van der Waals surface area contributed by atoms with Crippen molar-refractivity contribution >= 4 is 29.0 Å². The van der Waals surface area contributed by atoms with Crippen molar-refractivity contribution < 1.29 is 4.79 Å². The minimum absolute atomic E-state index is 0.153. The minimum Gasteiger partial charge on any atom is -0.398 e. The topological polar surface area (TPSA) is 101 Å². The van der Waals surface area contributed by atoms with Gasteiger partial charge >= 0.3 is 0 Å². The third-order valence-electron chi connectivity index (χ3n) is 2.75. The van der Waals surface area contributed by atoms with Crippen LogP contribution in [0.3, 0.4) is 0 Å². The molecule has 6 nitrogen and oxygen atoms in total. The summed E-state index contributed by atoms with van der Waals surface area (Å²) in [5.74, 6) is -0.0346. The Morgan fingerprint density at radius 3 is 2.81 bits per heavy atom. The van der Waals surface area contributed by atoms with Crippen molar-refractivity contribution in [3.8, 4) is 0 Å². The maximum atomic E-state index is 11.9. The van der Waals surface area contributed by atoms with Crippen molar-refractivity contribution in [3.05, 3.63) is 45.9 Å². The van der Waals surface area contributed by atoms with Crippen LogP contribution in [0, 0.1) is 13.8 Å². The Kier molecular flexibility index (Phi) is 4.64. The van der Waals surface area contributed by atoms with Gasteiger partial charge in [0.15, 0.2) is 5.16 Å². The van der Waals surface area contributed by atoms with Crippen molar-refractivity contribution in [2.24, 2.45) is 0 Å². The molecule has 4 N–H and O–H groups in total. The summed E-state index contributed by atoms with van der Waals surface area (Å²) in [5.41, 5.74) is 8.42. The molecule has 0 atom stereocenters. The third-order valence-corrected chi connectivity index (χ3v) is 3.62. The molecule has 0 aliphatic rings. The van der Waals surface area contributed by atoms with Crippen molar-refractivity contribution in [1.82, 2.24) is 9.97 Å². The molecule has 0 aliphatic carbocycles. The molecule has 2 aromatic rings. The molecule has 0 spiro atoms. The molecule has 0 radical (unpaired) electrons. The molecule has 0 unspecified atom stereocenters. The van der Waals surface area contributed by atoms with Crippen LogP contribution in [0.2, 0.25) is 0 Å². The van der Waals surface area contributed by atoms with Gasteiger partial charge in [-0.15, -0.1) is 0 Å². The second-order valence-electron chi connectivity index (χ2n) is 4.60. The first-order chi connectivity index (χ1) is 9.94. The van der Waals surface area contributed by atoms with E-state index in [1.165, 1.54) is 17.8 Å². The van der Waals surface area contributed by atoms with E-state index in [-0.39, 0.29) is 17.2 Å². The smallest absolute Gasteiger partial charge is 0.251 e. The normalized spacial score (nSPS) is 10.4. The summed E-state index contributed by atoms with van der Waals surface area (Å²) < 4.78 is 0. The summed E-state index contributed by atoms with van der Waals surface area (Å²) in [7, 11) is 0. The summed E-state index contributed by atoms with van der Waals surface area (Å²) >= 11 is 1.17. The van der Waals surface area contributed by atoms with Gasteiger partial charge in [0, 0.05) is 23.1 Å². The van der Waals surface area contributed by atoms with Gasteiger partial charge in [0.1, 0.15) is 0 Å². The summed E-state index contributed by atoms with van der Waals surface area (Å²) in [6, 6.07) is 6.75. The van der Waals surface area contributed by atoms with Crippen LogP contribution in [0.5, 0.6) is 0 Å². The van der Waals surface area contributed by atoms with Crippen LogP contribution in [0.4, 0.5) is 11.4 Å². The molecule has 1 heterocycles. The Hall–Kier alpha value is -2.28. The highest BCUT2D eigenvalue weighted by molar-refractivity contribution is 7.99. The summed E-state index contributed by atoms with van der Waals surface area (Å²) in [4.78, 5) is 29.9. The molecule has 21 heavy (non-hydrogen) atoms. The fourth-order valence-corrected chi connectivity index (χ4v) is 2.39. The number of carbonyl (C=O) groups excluding carboxylic acids is 1. The highest BCUT2D eigenvalue weighted by atomic mass is 32.2. The van der Waals surface area contributed by atoms with E-state index >= 15 is 0 Å². The van der Waals surface area contributed by atoms with Crippen LogP contribution < -0.4 is 16.6 Å². The standard InChI is InChI=1S/C14H16N4O2S/c1-8-3-4-10(6-11(8)15)17-13(20)7-21-14-16-9(2)5-12(19)18-14/h3-6H,7,15H2,1-2H3,(H,17,20)(H,16,18,19). The zero-order chi connectivity index (χ0) is 15.4. The highest BCUT2D eigenvalue weighted by Gasteiger charge is 2.06. The molecule has 0 fully saturated rings. The Morgan fingerprint density at radius 1 is 1.38 bits per heavy atom. The van der Waals surface area contributed by atoms with E-state index in [0.29, 0.717) is 22.2 Å². The molecular formula is C14H16N4O2S. The van der Waals surface area contributed by atoms with Crippen molar-refractivity contribution in [1.29, 1.82) is 0 Å². The highest BCUT2D eigenvalue weighted by Crippen LogP contribution is 2.18. The molecular weight excluding hydrogens is 288 g/mol. The van der Waals surface area contributed by atoms with Gasteiger partial charge in [-0.1, -0.05) is 17.8 Å². The molecule has 1 aromatic carbocycles. The number of H-pyrrole nitrogens is 1. The van der Waals surface area contributed by atoms with Crippen LogP contribution >= 0.6 is 11.8 Å². The van der Waals surface area contributed by atoms with E-state index < -0.39 is 0 Å². The quantitative estimate of drug-likeness (QED) is 0.453. The number of thioether (sulfide) groups is 1. The van der Waals surface area contributed by atoms with E-state index in [2.05, 4.69) is 15.3 Å². The zero-order valence-electron chi connectivity index (χ0n) is 11.8. The number of amides is 1. The number of nitrogens with zero attached hydrogens (tertiary/aromatic N) is 1. The Labute approximate surface area is 126 Å². The molecule has 0 saturated heterocycles. The van der Waals surface area contributed by atoms with Gasteiger partial charge < -0.3 is 16.0 Å². The third kappa shape index (κ3) is 4.35. The zero-order valence-corrected chi connectivity index (χ0v) is 12.6. The Bertz CT molecular complexity index is 727. The Morgan fingerprint density at radius 2 is 2.14 bits per heavy atom. The number of aromatic amines is 1. The second-order valence-corrected chi connectivity index (χ2v) is 5.56. The molecule has 0 aliphatic heterocycles. The van der Waals surface area contributed by atoms with Gasteiger partial charge in [0.2, 0.25) is 5.91 Å². The lowest BCUT2D eigenvalue weighted by molar-refractivity contribution is -0.113. The van der Waals surface area contributed by atoms with Crippen molar-refractivity contribution in [2.75, 3.05) is 16.8 Å². The van der Waals surface area contributed by atoms with Crippen molar-refractivity contribution in [3.63, 3.8) is 0 Å². The number of benzene rings is 1. The van der Waals surface area contributed by atoms with E-state index in [4.69, 9.17) is 5.73 Å². The molecule has 0 bridgehead atoms. The molecule has 1 amide bonds. The number of aromatic nitrogens is 2. The van der Waals surface area contributed by atoms with Crippen LogP contribution in [-0.4, -0.2) is 21.6 Å². The van der Waals surface area contributed by atoms with E-state index in [9.17, 15) is 9.59 Å². The predicted octanol–water partition coefficient (Wildman–Crippen LogP) is 1.70. The molecule has 110 valence electrons. The van der Waals surface area contributed by atoms with Crippen LogP contribution in [0.25, 0.3) is 0 Å². The fourth-order valence-electron chi connectivity index (χ4n) is 1.67. The van der Waals surface area contributed by atoms with E-state index in [1.807, 2.05) is 13.0 Å². The second kappa shape index (κ2) is 6.45. The number of nitrogens with two attached hydrogens (primary N) is 1. The van der Waals surface area contributed by atoms with Crippen molar-refractivity contribution in [2.45, 2.75) is 19.0 Å². The summed E-state index contributed by atoms with van der Waals surface area (Å²) in [6.07, 6.45) is 0. The van der Waals surface area contributed by atoms with Crippen LogP contribution in [0.15, 0.2) is 34.2 Å². The average molecular weight is 304 g/mol. The lowest BCUT2D eigenvalue weighted by Gasteiger charge is -2.07. The first-order valence-electron chi connectivity index (χ1n) is 6.31. The predicted molar refractivity (Wildman–Crippen MR) is 84.5 cm³/mol. The first kappa shape index (κ1) is 15.1. The fraction of sp³-hybridized carbons (Fsp3) is 0.214. The van der Waals surface area contributed by atoms with Gasteiger partial charge in [-0.3, -0.25) is 9.59 Å². The maximum Gasteiger partial charge on any atom is 0.251 e. The maximum absolute atomic E-state index is 11.9. The number of nitrogen functional groups attached to an aromatic ring is 1. The van der Waals surface area contributed by atoms with E-state index in [1.54, 1.807) is 19.1 Å². The molecule has 0 saturated carbocycles. The average Bonchev–Trinajstić information content (AvgIpc) is 2.40. The summed E-state index contributed by atoms with van der Waals surface area (Å²) in [6.45, 7) is 3.63. The molecule has 7 heteroatoms. The lowest BCUT2D eigenvalue weighted by atomic mass is 10.2. The largest absolute Gasteiger partial charge is 0.398 e. The number of hydrogen-bond donors (Lipinski definition) is 3. The number of hydrogen-bond acceptors (Lipinski definition) is 5. The minimum atomic E-state index is -0.225. The number of carbonyl (C=O) groups is 1. The summed E-state index contributed by atoms with van der Waals surface area (Å²) in [5, 5.41) is 3.18. The number of anilines is 2. The van der Waals surface area contributed by atoms with Gasteiger partial charge in [-0.25, -0.2) is 4.98 Å². The SMILES string of the molecule is Cc1cc(=O)[nH]c(SCC(=O)Nc2ccc(C)c(N)c2)n1. The van der Waals surface area contributed by atoms with Gasteiger partial charge in [0.05, 0.1) is 5.75 Å². The number of rotatable bonds is 4. The van der Waals surface area contributed by atoms with Gasteiger partial charge in [0.25, 0.3) is 5.56 Å². The Balaban J connectivity index is 1.95.